The Morgan fingerprint density at radius 1 is 1.00 bits per heavy atom. The molecule has 2 aliphatic rings. The molecule has 2 fully saturated rings. The smallest absolute Gasteiger partial charge is 0.0855 e. The van der Waals surface area contributed by atoms with Crippen LogP contribution in [-0.2, 0) is 4.74 Å². The van der Waals surface area contributed by atoms with Gasteiger partial charge in [-0.05, 0) is 12.8 Å². The third kappa shape index (κ3) is 0.982. The van der Waals surface area contributed by atoms with Crippen LogP contribution in [0.1, 0.15) is 12.8 Å². The molecule has 0 unspecified atom stereocenters. The summed E-state index contributed by atoms with van der Waals surface area (Å²) in [6, 6.07) is 4.32. The molecule has 0 amide bonds. The Morgan fingerprint density at radius 2 is 1.45 bits per heavy atom. The van der Waals surface area contributed by atoms with E-state index in [0.29, 0.717) is 12.2 Å². The Morgan fingerprint density at radius 3 is 1.82 bits per heavy atom. The molecule has 0 N–H and O–H groups in total. The van der Waals surface area contributed by atoms with Gasteiger partial charge in [-0.2, -0.15) is 10.5 Å². The lowest BCUT2D eigenvalue weighted by molar-refractivity contribution is 0.370. The Bertz CT molecular complexity index is 224. The van der Waals surface area contributed by atoms with Crippen molar-refractivity contribution >= 4 is 0 Å². The zero-order valence-corrected chi connectivity index (χ0v) is 6.03. The zero-order valence-electron chi connectivity index (χ0n) is 6.03. The molecule has 2 rings (SSSR count). The van der Waals surface area contributed by atoms with Crippen molar-refractivity contribution in [3.05, 3.63) is 0 Å². The SMILES string of the molecule is N#C[C@H]1C[C@@H]2O[C@@H]2C[C@@H]1C#N. The topological polar surface area (TPSA) is 60.1 Å². The van der Waals surface area contributed by atoms with Gasteiger partial charge in [0.25, 0.3) is 0 Å². The lowest BCUT2D eigenvalue weighted by Crippen LogP contribution is -2.21. The number of rotatable bonds is 0. The predicted molar refractivity (Wildman–Crippen MR) is 36.1 cm³/mol. The molecule has 3 heteroatoms. The molecular weight excluding hydrogens is 140 g/mol. The second-order valence-electron chi connectivity index (χ2n) is 3.16. The van der Waals surface area contributed by atoms with Gasteiger partial charge in [0.15, 0.2) is 0 Å². The fraction of sp³-hybridized carbons (Fsp3) is 0.750. The van der Waals surface area contributed by atoms with Crippen LogP contribution >= 0.6 is 0 Å². The number of fused-ring (bicyclic) bond motifs is 1. The molecule has 1 saturated heterocycles. The Hall–Kier alpha value is -1.06. The largest absolute Gasteiger partial charge is 0.369 e. The molecule has 1 saturated carbocycles. The molecule has 0 bridgehead atoms. The van der Waals surface area contributed by atoms with Crippen LogP contribution in [0.15, 0.2) is 0 Å². The van der Waals surface area contributed by atoms with Crippen molar-refractivity contribution in [1.82, 2.24) is 0 Å². The van der Waals surface area contributed by atoms with Crippen LogP contribution in [0, 0.1) is 34.5 Å². The monoisotopic (exact) mass is 148 g/mol. The maximum Gasteiger partial charge on any atom is 0.0855 e. The van der Waals surface area contributed by atoms with Gasteiger partial charge >= 0.3 is 0 Å². The van der Waals surface area contributed by atoms with Crippen LogP contribution in [0.2, 0.25) is 0 Å². The van der Waals surface area contributed by atoms with Gasteiger partial charge in [0, 0.05) is 0 Å². The van der Waals surface area contributed by atoms with Crippen molar-refractivity contribution < 1.29 is 4.74 Å². The van der Waals surface area contributed by atoms with Crippen molar-refractivity contribution in [2.75, 3.05) is 0 Å². The lowest BCUT2D eigenvalue weighted by atomic mass is 9.81. The van der Waals surface area contributed by atoms with Crippen molar-refractivity contribution in [3.8, 4) is 12.1 Å². The van der Waals surface area contributed by atoms with Gasteiger partial charge in [-0.25, -0.2) is 0 Å². The summed E-state index contributed by atoms with van der Waals surface area (Å²) >= 11 is 0. The normalized spacial score (nSPS) is 46.7. The summed E-state index contributed by atoms with van der Waals surface area (Å²) in [4.78, 5) is 0. The summed E-state index contributed by atoms with van der Waals surface area (Å²) in [5, 5.41) is 17.3. The molecule has 1 aliphatic carbocycles. The standard InChI is InChI=1S/C8H8N2O/c9-3-5-1-7-8(11-7)2-6(5)4-10/h5-8H,1-2H2/t5-,6-,7-,8+/m1/s1. The molecule has 0 aromatic carbocycles. The van der Waals surface area contributed by atoms with Gasteiger partial charge in [-0.15, -0.1) is 0 Å². The third-order valence-electron chi connectivity index (χ3n) is 2.48. The minimum atomic E-state index is -0.0938. The Kier molecular flexibility index (Phi) is 1.34. The highest BCUT2D eigenvalue weighted by Gasteiger charge is 2.48. The lowest BCUT2D eigenvalue weighted by Gasteiger charge is -2.16. The highest BCUT2D eigenvalue weighted by Crippen LogP contribution is 2.42. The fourth-order valence-corrected chi connectivity index (χ4v) is 1.71. The van der Waals surface area contributed by atoms with Crippen LogP contribution < -0.4 is 0 Å². The number of nitriles is 2. The predicted octanol–water partition coefficient (Wildman–Crippen LogP) is 0.827. The molecule has 0 aromatic rings. The average molecular weight is 148 g/mol. The van der Waals surface area contributed by atoms with Crippen LogP contribution in [0.25, 0.3) is 0 Å². The number of nitrogens with zero attached hydrogens (tertiary/aromatic N) is 2. The average Bonchev–Trinajstić information content (AvgIpc) is 2.79. The highest BCUT2D eigenvalue weighted by molar-refractivity contribution is 5.08. The molecule has 3 nitrogen and oxygen atoms in total. The quantitative estimate of drug-likeness (QED) is 0.478. The van der Waals surface area contributed by atoms with Crippen LogP contribution in [0.3, 0.4) is 0 Å². The fourth-order valence-electron chi connectivity index (χ4n) is 1.71. The van der Waals surface area contributed by atoms with E-state index in [0.717, 1.165) is 12.8 Å². The zero-order chi connectivity index (χ0) is 7.84. The molecule has 4 atom stereocenters. The minimum absolute atomic E-state index is 0.0938. The molecule has 0 aromatic heterocycles. The number of hydrogen-bond donors (Lipinski definition) is 0. The molecular formula is C8H8N2O. The van der Waals surface area contributed by atoms with Crippen molar-refractivity contribution in [3.63, 3.8) is 0 Å². The highest BCUT2D eigenvalue weighted by atomic mass is 16.6. The molecule has 1 heterocycles. The molecule has 56 valence electrons. The van der Waals surface area contributed by atoms with Gasteiger partial charge in [0.2, 0.25) is 0 Å². The molecule has 1 aliphatic heterocycles. The van der Waals surface area contributed by atoms with E-state index in [1.54, 1.807) is 0 Å². The number of epoxide rings is 1. The van der Waals surface area contributed by atoms with E-state index >= 15 is 0 Å². The second-order valence-corrected chi connectivity index (χ2v) is 3.16. The van der Waals surface area contributed by atoms with Gasteiger partial charge in [0.1, 0.15) is 0 Å². The second kappa shape index (κ2) is 2.22. The van der Waals surface area contributed by atoms with Gasteiger partial charge in [-0.1, -0.05) is 0 Å². The van der Waals surface area contributed by atoms with Gasteiger partial charge in [0.05, 0.1) is 36.2 Å². The summed E-state index contributed by atoms with van der Waals surface area (Å²) in [6.45, 7) is 0. The van der Waals surface area contributed by atoms with E-state index in [4.69, 9.17) is 15.3 Å². The summed E-state index contributed by atoms with van der Waals surface area (Å²) in [5.74, 6) is -0.188. The molecule has 0 spiro atoms. The van der Waals surface area contributed by atoms with E-state index in [9.17, 15) is 0 Å². The summed E-state index contributed by atoms with van der Waals surface area (Å²) in [7, 11) is 0. The summed E-state index contributed by atoms with van der Waals surface area (Å²) in [5.41, 5.74) is 0. The Balaban J connectivity index is 2.08. The maximum atomic E-state index is 8.67. The van der Waals surface area contributed by atoms with Crippen molar-refractivity contribution in [2.24, 2.45) is 11.8 Å². The van der Waals surface area contributed by atoms with E-state index in [-0.39, 0.29) is 11.8 Å². The maximum absolute atomic E-state index is 8.67. The minimum Gasteiger partial charge on any atom is -0.369 e. The molecule has 11 heavy (non-hydrogen) atoms. The van der Waals surface area contributed by atoms with Crippen molar-refractivity contribution in [1.29, 1.82) is 10.5 Å². The summed E-state index contributed by atoms with van der Waals surface area (Å²) in [6.07, 6.45) is 2.12. The first kappa shape index (κ1) is 6.64. The summed E-state index contributed by atoms with van der Waals surface area (Å²) < 4.78 is 5.24. The van der Waals surface area contributed by atoms with Gasteiger partial charge < -0.3 is 4.74 Å². The first-order valence-corrected chi connectivity index (χ1v) is 3.80. The van der Waals surface area contributed by atoms with E-state index in [1.807, 2.05) is 0 Å². The van der Waals surface area contributed by atoms with Crippen LogP contribution in [-0.4, -0.2) is 12.2 Å². The number of hydrogen-bond acceptors (Lipinski definition) is 3. The van der Waals surface area contributed by atoms with Crippen molar-refractivity contribution in [2.45, 2.75) is 25.0 Å². The van der Waals surface area contributed by atoms with E-state index in [2.05, 4.69) is 12.1 Å². The first-order valence-electron chi connectivity index (χ1n) is 3.80. The van der Waals surface area contributed by atoms with E-state index < -0.39 is 0 Å². The number of ether oxygens (including phenoxy) is 1. The first-order chi connectivity index (χ1) is 5.35. The van der Waals surface area contributed by atoms with Crippen LogP contribution in [0.5, 0.6) is 0 Å². The van der Waals surface area contributed by atoms with E-state index in [1.165, 1.54) is 0 Å². The molecule has 0 radical (unpaired) electrons. The van der Waals surface area contributed by atoms with Crippen LogP contribution in [0.4, 0.5) is 0 Å². The third-order valence-corrected chi connectivity index (χ3v) is 2.48. The van der Waals surface area contributed by atoms with Gasteiger partial charge in [-0.3, -0.25) is 0 Å². The Labute approximate surface area is 65.2 Å².